The van der Waals surface area contributed by atoms with Crippen LogP contribution in [0.15, 0.2) is 39.8 Å². The van der Waals surface area contributed by atoms with Gasteiger partial charge in [-0.1, -0.05) is 6.07 Å². The number of hydrogen-bond acceptors (Lipinski definition) is 7. The molecule has 0 unspecified atom stereocenters. The van der Waals surface area contributed by atoms with Crippen molar-refractivity contribution in [3.8, 4) is 5.75 Å². The lowest BCUT2D eigenvalue weighted by Gasteiger charge is -2.37. The summed E-state index contributed by atoms with van der Waals surface area (Å²) in [7, 11) is 0. The molecule has 0 radical (unpaired) electrons. The number of carbonyl (C=O) groups is 1. The molecule has 0 saturated carbocycles. The SMILES string of the molecule is Cc1cc(=O)c(O)c(C2(CC(=O)NC3CCN(Cc4cccnc4)CC3)CCSCC2)o1. The van der Waals surface area contributed by atoms with Crippen molar-refractivity contribution < 1.29 is 14.3 Å². The summed E-state index contributed by atoms with van der Waals surface area (Å²) in [6.45, 7) is 4.43. The average molecular weight is 458 g/mol. The van der Waals surface area contributed by atoms with Crippen LogP contribution in [0.25, 0.3) is 0 Å². The standard InChI is InChI=1S/C24H31N3O4S/c1-17-13-20(28)22(30)23(31-17)24(6-11-32-12-7-24)14-21(29)26-19-4-9-27(10-5-19)16-18-3-2-8-25-15-18/h2-3,8,13,15,19,30H,4-7,9-12,14,16H2,1H3,(H,26,29). The Kier molecular flexibility index (Phi) is 7.20. The molecular formula is C24H31N3O4S. The third kappa shape index (κ3) is 5.35. The molecule has 2 aliphatic heterocycles. The first-order valence-corrected chi connectivity index (χ1v) is 12.4. The van der Waals surface area contributed by atoms with Crippen LogP contribution in [0.2, 0.25) is 0 Å². The monoisotopic (exact) mass is 457 g/mol. The summed E-state index contributed by atoms with van der Waals surface area (Å²) in [5.74, 6) is 2.10. The lowest BCUT2D eigenvalue weighted by molar-refractivity contribution is -0.123. The molecule has 7 nitrogen and oxygen atoms in total. The van der Waals surface area contributed by atoms with Crippen molar-refractivity contribution >= 4 is 17.7 Å². The maximum Gasteiger partial charge on any atom is 0.227 e. The molecule has 8 heteroatoms. The maximum absolute atomic E-state index is 13.1. The van der Waals surface area contributed by atoms with Crippen molar-refractivity contribution in [2.45, 2.75) is 57.0 Å². The van der Waals surface area contributed by atoms with Crippen molar-refractivity contribution in [2.75, 3.05) is 24.6 Å². The molecule has 2 aromatic heterocycles. The first-order valence-electron chi connectivity index (χ1n) is 11.3. The highest BCUT2D eigenvalue weighted by Crippen LogP contribution is 2.44. The Bertz CT molecular complexity index is 980. The van der Waals surface area contributed by atoms with Gasteiger partial charge in [-0.2, -0.15) is 11.8 Å². The van der Waals surface area contributed by atoms with Crippen molar-refractivity contribution in [1.29, 1.82) is 0 Å². The van der Waals surface area contributed by atoms with Gasteiger partial charge in [-0.15, -0.1) is 0 Å². The van der Waals surface area contributed by atoms with Gasteiger partial charge >= 0.3 is 0 Å². The number of aromatic nitrogens is 1. The van der Waals surface area contributed by atoms with E-state index in [1.165, 1.54) is 11.6 Å². The highest BCUT2D eigenvalue weighted by Gasteiger charge is 2.42. The molecular weight excluding hydrogens is 426 g/mol. The zero-order chi connectivity index (χ0) is 22.6. The predicted molar refractivity (Wildman–Crippen MR) is 125 cm³/mol. The van der Waals surface area contributed by atoms with E-state index in [1.54, 1.807) is 13.1 Å². The van der Waals surface area contributed by atoms with Crippen LogP contribution < -0.4 is 10.7 Å². The lowest BCUT2D eigenvalue weighted by Crippen LogP contribution is -2.46. The Balaban J connectivity index is 1.38. The van der Waals surface area contributed by atoms with Gasteiger partial charge in [-0.25, -0.2) is 0 Å². The molecule has 2 N–H and O–H groups in total. The highest BCUT2D eigenvalue weighted by molar-refractivity contribution is 7.99. The molecule has 2 aliphatic rings. The van der Waals surface area contributed by atoms with Gasteiger partial charge in [0.1, 0.15) is 5.76 Å². The third-order valence-electron chi connectivity index (χ3n) is 6.56. The van der Waals surface area contributed by atoms with Crippen LogP contribution in [0, 0.1) is 6.92 Å². The number of nitrogens with zero attached hydrogens (tertiary/aromatic N) is 2. The molecule has 0 bridgehead atoms. The third-order valence-corrected chi connectivity index (χ3v) is 7.54. The molecule has 2 saturated heterocycles. The lowest BCUT2D eigenvalue weighted by atomic mass is 9.75. The van der Waals surface area contributed by atoms with Crippen LogP contribution in [0.1, 0.15) is 49.2 Å². The number of hydrogen-bond donors (Lipinski definition) is 2. The normalized spacial score (nSPS) is 19.5. The number of aromatic hydroxyl groups is 1. The fraction of sp³-hybridized carbons (Fsp3) is 0.542. The molecule has 0 aromatic carbocycles. The molecule has 4 heterocycles. The summed E-state index contributed by atoms with van der Waals surface area (Å²) in [5.41, 5.74) is 0.125. The summed E-state index contributed by atoms with van der Waals surface area (Å²) in [4.78, 5) is 31.8. The van der Waals surface area contributed by atoms with Crippen LogP contribution in [-0.4, -0.2) is 51.5 Å². The average Bonchev–Trinajstić information content (AvgIpc) is 2.79. The molecule has 4 rings (SSSR count). The molecule has 2 fully saturated rings. The minimum Gasteiger partial charge on any atom is -0.502 e. The van der Waals surface area contributed by atoms with Crippen LogP contribution >= 0.6 is 11.8 Å². The van der Waals surface area contributed by atoms with E-state index in [0.29, 0.717) is 18.6 Å². The Morgan fingerprint density at radius 1 is 1.34 bits per heavy atom. The van der Waals surface area contributed by atoms with E-state index >= 15 is 0 Å². The van der Waals surface area contributed by atoms with Gasteiger partial charge in [0.2, 0.25) is 17.1 Å². The van der Waals surface area contributed by atoms with Gasteiger partial charge in [0.25, 0.3) is 0 Å². The Morgan fingerprint density at radius 3 is 2.78 bits per heavy atom. The van der Waals surface area contributed by atoms with Crippen molar-refractivity contribution in [1.82, 2.24) is 15.2 Å². The van der Waals surface area contributed by atoms with Gasteiger partial charge in [0.05, 0.1) is 0 Å². The maximum atomic E-state index is 13.1. The van der Waals surface area contributed by atoms with E-state index in [9.17, 15) is 14.7 Å². The molecule has 172 valence electrons. The van der Waals surface area contributed by atoms with E-state index in [2.05, 4.69) is 21.3 Å². The first-order chi connectivity index (χ1) is 15.4. The number of likely N-dealkylation sites (tertiary alicyclic amines) is 1. The molecule has 0 spiro atoms. The zero-order valence-corrected chi connectivity index (χ0v) is 19.3. The van der Waals surface area contributed by atoms with E-state index in [0.717, 1.165) is 44.0 Å². The number of carbonyl (C=O) groups excluding carboxylic acids is 1. The first kappa shape index (κ1) is 22.9. The van der Waals surface area contributed by atoms with Crippen LogP contribution in [0.4, 0.5) is 0 Å². The van der Waals surface area contributed by atoms with Crippen molar-refractivity contribution in [2.24, 2.45) is 0 Å². The predicted octanol–water partition coefficient (Wildman–Crippen LogP) is 2.98. The summed E-state index contributed by atoms with van der Waals surface area (Å²) in [6.07, 6.45) is 7.12. The van der Waals surface area contributed by atoms with E-state index < -0.39 is 10.8 Å². The van der Waals surface area contributed by atoms with Gasteiger partial charge in [-0.05, 0) is 55.7 Å². The molecule has 2 aromatic rings. The number of amides is 1. The van der Waals surface area contributed by atoms with Gasteiger partial charge in [0, 0.05) is 56.0 Å². The summed E-state index contributed by atoms with van der Waals surface area (Å²) in [6, 6.07) is 5.47. The zero-order valence-electron chi connectivity index (χ0n) is 18.5. The number of thioether (sulfide) groups is 1. The molecule has 0 atom stereocenters. The molecule has 1 amide bonds. The van der Waals surface area contributed by atoms with Crippen LogP contribution in [0.5, 0.6) is 5.75 Å². The van der Waals surface area contributed by atoms with Crippen molar-refractivity contribution in [3.05, 3.63) is 57.9 Å². The number of pyridine rings is 1. The summed E-state index contributed by atoms with van der Waals surface area (Å²) in [5, 5.41) is 13.7. The Hall–Kier alpha value is -2.32. The smallest absolute Gasteiger partial charge is 0.227 e. The van der Waals surface area contributed by atoms with Gasteiger partial charge in [-0.3, -0.25) is 19.5 Å². The molecule has 0 aliphatic carbocycles. The quantitative estimate of drug-likeness (QED) is 0.688. The number of aryl methyl sites for hydroxylation is 1. The fourth-order valence-corrected chi connectivity index (χ4v) is 6.05. The van der Waals surface area contributed by atoms with Gasteiger partial charge in [0.15, 0.2) is 5.76 Å². The van der Waals surface area contributed by atoms with E-state index in [-0.39, 0.29) is 29.9 Å². The van der Waals surface area contributed by atoms with Gasteiger partial charge < -0.3 is 14.8 Å². The molecule has 32 heavy (non-hydrogen) atoms. The second-order valence-corrected chi connectivity index (χ2v) is 10.2. The van der Waals surface area contributed by atoms with Crippen molar-refractivity contribution in [3.63, 3.8) is 0 Å². The highest BCUT2D eigenvalue weighted by atomic mass is 32.2. The summed E-state index contributed by atoms with van der Waals surface area (Å²) >= 11 is 1.83. The fourth-order valence-electron chi connectivity index (χ4n) is 4.78. The topological polar surface area (TPSA) is 95.7 Å². The van der Waals surface area contributed by atoms with E-state index in [4.69, 9.17) is 4.42 Å². The Labute approximate surface area is 192 Å². The second kappa shape index (κ2) is 10.1. The van der Waals surface area contributed by atoms with E-state index in [1.807, 2.05) is 24.0 Å². The number of nitrogens with one attached hydrogen (secondary N) is 1. The number of rotatable bonds is 6. The minimum absolute atomic E-state index is 0.0360. The summed E-state index contributed by atoms with van der Waals surface area (Å²) < 4.78 is 5.84. The second-order valence-electron chi connectivity index (χ2n) is 8.95. The Morgan fingerprint density at radius 2 is 2.09 bits per heavy atom. The minimum atomic E-state index is -0.633. The van der Waals surface area contributed by atoms with Crippen LogP contribution in [0.3, 0.4) is 0 Å². The number of piperidine rings is 1. The van der Waals surface area contributed by atoms with Crippen LogP contribution in [-0.2, 0) is 16.8 Å². The largest absolute Gasteiger partial charge is 0.502 e.